The second-order valence-electron chi connectivity index (χ2n) is 11.8. The van der Waals surface area contributed by atoms with Crippen LogP contribution in [-0.2, 0) is 20.1 Å². The molecule has 0 radical (unpaired) electrons. The first-order chi connectivity index (χ1) is 20.8. The molecule has 0 bridgehead atoms. The van der Waals surface area contributed by atoms with Crippen molar-refractivity contribution in [3.05, 3.63) is 129 Å². The van der Waals surface area contributed by atoms with Crippen molar-refractivity contribution in [2.45, 2.75) is 61.9 Å². The van der Waals surface area contributed by atoms with Crippen LogP contribution < -0.4 is 15.1 Å². The van der Waals surface area contributed by atoms with Crippen LogP contribution >= 0.6 is 19.4 Å². The van der Waals surface area contributed by atoms with E-state index in [1.807, 2.05) is 6.07 Å². The Balaban J connectivity index is 0.000000202. The molecule has 0 aromatic heterocycles. The zero-order valence-electron chi connectivity index (χ0n) is 26.9. The molecule has 3 nitrogen and oxygen atoms in total. The van der Waals surface area contributed by atoms with Gasteiger partial charge in [-0.05, 0) is 63.8 Å². The molecule has 1 N–H and O–H groups in total. The number of aryl methyl sites for hydroxylation is 8. The molecule has 4 aromatic carbocycles. The van der Waals surface area contributed by atoms with Gasteiger partial charge in [-0.25, -0.2) is 0 Å². The van der Waals surface area contributed by atoms with E-state index in [-0.39, 0.29) is 5.82 Å². The van der Waals surface area contributed by atoms with Crippen LogP contribution in [0.1, 0.15) is 55.6 Å². The fourth-order valence-electron chi connectivity index (χ4n) is 6.27. The Bertz CT molecular complexity index is 1550. The van der Waals surface area contributed by atoms with E-state index in [1.165, 1.54) is 68.0 Å². The number of para-hydroxylation sites is 1. The van der Waals surface area contributed by atoms with Gasteiger partial charge >= 0.3 is 138 Å². The summed E-state index contributed by atoms with van der Waals surface area (Å²) in [5.41, 5.74) is 16.1. The molecular formula is C37H43Cl2FN3Ru-. The average Bonchev–Trinajstić information content (AvgIpc) is 3.37. The molecule has 1 fully saturated rings. The monoisotopic (exact) mass is 720 g/mol. The third kappa shape index (κ3) is 8.50. The summed E-state index contributed by atoms with van der Waals surface area (Å²) >= 11 is -1.98. The number of nitrogens with zero attached hydrogens (tertiary/aromatic N) is 2. The number of halogens is 3. The van der Waals surface area contributed by atoms with Gasteiger partial charge in [-0.3, -0.25) is 0 Å². The molecule has 1 aliphatic rings. The molecule has 1 aliphatic heterocycles. The molecule has 7 heteroatoms. The first-order valence-corrected chi connectivity index (χ1v) is 20.3. The summed E-state index contributed by atoms with van der Waals surface area (Å²) in [5, 5.41) is 3.42. The number of benzene rings is 4. The van der Waals surface area contributed by atoms with E-state index < -0.39 is 13.5 Å². The van der Waals surface area contributed by atoms with Gasteiger partial charge in [0.25, 0.3) is 0 Å². The van der Waals surface area contributed by atoms with E-state index >= 15 is 0 Å². The fraction of sp³-hybridized carbons (Fsp3) is 0.297. The van der Waals surface area contributed by atoms with Crippen molar-refractivity contribution in [1.29, 1.82) is 0 Å². The summed E-state index contributed by atoms with van der Waals surface area (Å²) in [6.45, 7) is 22.3. The van der Waals surface area contributed by atoms with E-state index in [2.05, 4.69) is 114 Å². The zero-order valence-corrected chi connectivity index (χ0v) is 30.2. The summed E-state index contributed by atoms with van der Waals surface area (Å²) in [4.78, 5) is 4.81. The SMILES string of the molecule is Cc1cc(C)c(N2[CH-]N(c3c(C)cc(C)cc3C)CC2)c(C)c1.Cc1cccc(C)c1NCc1ccc(F)cc1[CH]=[Ru]([Cl])[Cl]. The summed E-state index contributed by atoms with van der Waals surface area (Å²) < 4.78 is 15.2. The number of hydrogen-bond donors (Lipinski definition) is 1. The molecule has 0 saturated carbocycles. The van der Waals surface area contributed by atoms with Gasteiger partial charge in [0, 0.05) is 24.5 Å². The van der Waals surface area contributed by atoms with Crippen LogP contribution in [0.3, 0.4) is 0 Å². The number of anilines is 3. The standard InChI is InChI=1S/C21H27N2.C16H16FN.2ClH.Ru/c1-14-9-16(3)20(17(4)10-14)22-7-8-23(13-22)21-18(5)11-15(2)12-19(21)6;1-11-5-4-6-12(2)16(11)18-10-14-7-8-15(17)9-13(14)3;;;/h9-13H,7-8H2,1-6H3;3-9,18H,10H2,1-2H3;2*1H;/q-1;;;;+2/p-2. The Kier molecular flexibility index (Phi) is 11.7. The van der Waals surface area contributed by atoms with Crippen LogP contribution in [0.2, 0.25) is 0 Å². The molecule has 0 amide bonds. The van der Waals surface area contributed by atoms with Crippen molar-refractivity contribution in [1.82, 2.24) is 0 Å². The fourth-order valence-corrected chi connectivity index (χ4v) is 8.13. The van der Waals surface area contributed by atoms with Gasteiger partial charge < -0.3 is 9.80 Å². The molecule has 0 spiro atoms. The van der Waals surface area contributed by atoms with Gasteiger partial charge in [0.15, 0.2) is 0 Å². The van der Waals surface area contributed by atoms with Crippen molar-refractivity contribution in [3.8, 4) is 0 Å². The van der Waals surface area contributed by atoms with Crippen molar-refractivity contribution < 1.29 is 17.9 Å². The van der Waals surface area contributed by atoms with E-state index in [1.54, 1.807) is 10.7 Å². The van der Waals surface area contributed by atoms with E-state index in [0.29, 0.717) is 6.54 Å². The summed E-state index contributed by atoms with van der Waals surface area (Å²) in [6, 6.07) is 20.0. The Hall–Kier alpha value is -2.72. The van der Waals surface area contributed by atoms with E-state index in [0.717, 1.165) is 29.9 Å². The third-order valence-electron chi connectivity index (χ3n) is 7.94. The zero-order chi connectivity index (χ0) is 32.1. The Morgan fingerprint density at radius 1 is 0.727 bits per heavy atom. The second-order valence-corrected chi connectivity index (χ2v) is 17.5. The predicted molar refractivity (Wildman–Crippen MR) is 187 cm³/mol. The van der Waals surface area contributed by atoms with Crippen LogP contribution in [0.15, 0.2) is 60.7 Å². The molecule has 5 rings (SSSR count). The summed E-state index contributed by atoms with van der Waals surface area (Å²) in [6.07, 6.45) is 0. The number of rotatable bonds is 6. The van der Waals surface area contributed by atoms with Gasteiger partial charge in [0.05, 0.1) is 0 Å². The average molecular weight is 721 g/mol. The molecule has 236 valence electrons. The van der Waals surface area contributed by atoms with Crippen LogP contribution in [0.5, 0.6) is 0 Å². The maximum absolute atomic E-state index is 13.4. The predicted octanol–water partition coefficient (Wildman–Crippen LogP) is 10.1. The molecule has 0 atom stereocenters. The normalized spacial score (nSPS) is 13.0. The van der Waals surface area contributed by atoms with E-state index in [4.69, 9.17) is 19.4 Å². The summed E-state index contributed by atoms with van der Waals surface area (Å²) in [5.74, 6) is -0.277. The molecule has 44 heavy (non-hydrogen) atoms. The van der Waals surface area contributed by atoms with Crippen molar-refractivity contribution in [2.24, 2.45) is 0 Å². The van der Waals surface area contributed by atoms with Crippen molar-refractivity contribution >= 4 is 41.1 Å². The first-order valence-electron chi connectivity index (χ1n) is 14.8. The van der Waals surface area contributed by atoms with Crippen LogP contribution in [-0.4, -0.2) is 17.7 Å². The topological polar surface area (TPSA) is 18.5 Å². The van der Waals surface area contributed by atoms with Gasteiger partial charge in [-0.1, -0.05) is 35.4 Å². The Morgan fingerprint density at radius 3 is 1.66 bits per heavy atom. The minimum absolute atomic E-state index is 0.277. The first kappa shape index (κ1) is 34.2. The van der Waals surface area contributed by atoms with Crippen LogP contribution in [0, 0.1) is 67.9 Å². The third-order valence-corrected chi connectivity index (χ3v) is 9.77. The maximum atomic E-state index is 13.4. The molecule has 0 aliphatic carbocycles. The van der Waals surface area contributed by atoms with Gasteiger partial charge in [0.1, 0.15) is 0 Å². The molecule has 1 heterocycles. The van der Waals surface area contributed by atoms with Crippen molar-refractivity contribution in [3.63, 3.8) is 0 Å². The van der Waals surface area contributed by atoms with Crippen molar-refractivity contribution in [2.75, 3.05) is 28.2 Å². The Morgan fingerprint density at radius 2 is 1.20 bits per heavy atom. The van der Waals surface area contributed by atoms with Gasteiger partial charge in [-0.2, -0.15) is 6.67 Å². The minimum atomic E-state index is -1.98. The molecule has 0 unspecified atom stereocenters. The van der Waals surface area contributed by atoms with E-state index in [9.17, 15) is 4.39 Å². The van der Waals surface area contributed by atoms with Gasteiger partial charge in [0.2, 0.25) is 0 Å². The Labute approximate surface area is 276 Å². The number of hydrogen-bond acceptors (Lipinski definition) is 3. The molecule has 4 aromatic rings. The van der Waals surface area contributed by atoms with Gasteiger partial charge in [-0.15, -0.1) is 0 Å². The quantitative estimate of drug-likeness (QED) is 0.158. The molecular weight excluding hydrogens is 677 g/mol. The van der Waals surface area contributed by atoms with Crippen LogP contribution in [0.4, 0.5) is 21.5 Å². The second kappa shape index (κ2) is 15.0. The summed E-state index contributed by atoms with van der Waals surface area (Å²) in [7, 11) is 11.8. The number of nitrogens with one attached hydrogen (secondary N) is 1. The molecule has 1 saturated heterocycles. The van der Waals surface area contributed by atoms with Crippen LogP contribution in [0.25, 0.3) is 0 Å².